The Labute approximate surface area is 130 Å². The highest BCUT2D eigenvalue weighted by Gasteiger charge is 2.31. The monoisotopic (exact) mass is 287 g/mol. The summed E-state index contributed by atoms with van der Waals surface area (Å²) in [5.41, 5.74) is 1.33. The van der Waals surface area contributed by atoms with Gasteiger partial charge in [-0.3, -0.25) is 9.59 Å². The standard InChI is InChI=1S/C13H11NO3S.Mg.2H/c15-12(11-2-1-7-18-11)10-4-3-9-8(13(16)17)5-6-14(9)10;;;/h1-4,7-8H,5-6H2,(H,16,17);;;. The second-order valence-electron chi connectivity index (χ2n) is 4.28. The van der Waals surface area contributed by atoms with E-state index in [1.165, 1.54) is 11.3 Å². The van der Waals surface area contributed by atoms with Crippen molar-refractivity contribution >= 4 is 46.1 Å². The molecule has 0 saturated carbocycles. The summed E-state index contributed by atoms with van der Waals surface area (Å²) in [6.07, 6.45) is 0.566. The van der Waals surface area contributed by atoms with Crippen molar-refractivity contribution in [1.82, 2.24) is 4.57 Å². The minimum atomic E-state index is -0.818. The van der Waals surface area contributed by atoms with E-state index in [0.29, 0.717) is 23.5 Å². The summed E-state index contributed by atoms with van der Waals surface area (Å²) in [4.78, 5) is 24.0. The molecule has 0 aliphatic carbocycles. The van der Waals surface area contributed by atoms with Gasteiger partial charge in [0.05, 0.1) is 16.5 Å². The molecule has 1 unspecified atom stereocenters. The van der Waals surface area contributed by atoms with Crippen molar-refractivity contribution < 1.29 is 14.7 Å². The van der Waals surface area contributed by atoms with Gasteiger partial charge in [0.2, 0.25) is 5.78 Å². The van der Waals surface area contributed by atoms with E-state index >= 15 is 0 Å². The van der Waals surface area contributed by atoms with Crippen LogP contribution in [0.5, 0.6) is 0 Å². The van der Waals surface area contributed by atoms with Gasteiger partial charge < -0.3 is 9.67 Å². The largest absolute Gasteiger partial charge is 0.481 e. The van der Waals surface area contributed by atoms with Gasteiger partial charge in [-0.15, -0.1) is 11.3 Å². The van der Waals surface area contributed by atoms with Gasteiger partial charge in [-0.25, -0.2) is 0 Å². The molecule has 1 aliphatic rings. The van der Waals surface area contributed by atoms with E-state index < -0.39 is 11.9 Å². The van der Waals surface area contributed by atoms with E-state index in [-0.39, 0.29) is 28.8 Å². The van der Waals surface area contributed by atoms with Gasteiger partial charge in [0.15, 0.2) is 0 Å². The number of hydrogen-bond donors (Lipinski definition) is 1. The molecular formula is C13H13MgNO3S. The number of nitrogens with zero attached hydrogens (tertiary/aromatic N) is 1. The summed E-state index contributed by atoms with van der Waals surface area (Å²) in [7, 11) is 0. The molecule has 0 aromatic carbocycles. The third-order valence-corrected chi connectivity index (χ3v) is 4.16. The Hall–Kier alpha value is -1.11. The van der Waals surface area contributed by atoms with Gasteiger partial charge in [-0.2, -0.15) is 0 Å². The number of thiophene rings is 1. The molecule has 19 heavy (non-hydrogen) atoms. The lowest BCUT2D eigenvalue weighted by Gasteiger charge is -2.04. The maximum absolute atomic E-state index is 12.2. The third-order valence-electron chi connectivity index (χ3n) is 3.29. The molecule has 4 nitrogen and oxygen atoms in total. The van der Waals surface area contributed by atoms with Crippen LogP contribution >= 0.6 is 11.3 Å². The lowest BCUT2D eigenvalue weighted by atomic mass is 10.1. The summed E-state index contributed by atoms with van der Waals surface area (Å²) in [6.45, 7) is 0.603. The molecule has 6 heteroatoms. The number of carbonyl (C=O) groups excluding carboxylic acids is 1. The lowest BCUT2D eigenvalue weighted by Crippen LogP contribution is -2.09. The predicted molar refractivity (Wildman–Crippen MR) is 75.7 cm³/mol. The van der Waals surface area contributed by atoms with Gasteiger partial charge in [0.1, 0.15) is 0 Å². The number of fused-ring (bicyclic) bond motifs is 1. The molecule has 3 rings (SSSR count). The Morgan fingerprint density at radius 3 is 2.74 bits per heavy atom. The number of aromatic nitrogens is 1. The maximum Gasteiger partial charge on any atom is 0.316 e. The highest BCUT2D eigenvalue weighted by atomic mass is 32.1. The SMILES string of the molecule is O=C(c1cccs1)c1ccc2n1CCC2C(=O)O.[MgH2]. The van der Waals surface area contributed by atoms with E-state index in [4.69, 9.17) is 5.11 Å². The Morgan fingerprint density at radius 2 is 2.11 bits per heavy atom. The minimum absolute atomic E-state index is 0. The first kappa shape index (κ1) is 14.3. The number of ketones is 1. The maximum atomic E-state index is 12.2. The van der Waals surface area contributed by atoms with Crippen LogP contribution in [0.1, 0.15) is 33.4 Å². The van der Waals surface area contributed by atoms with Crippen LogP contribution in [0.15, 0.2) is 29.6 Å². The van der Waals surface area contributed by atoms with Crippen molar-refractivity contribution in [2.75, 3.05) is 0 Å². The average molecular weight is 288 g/mol. The first-order chi connectivity index (χ1) is 8.68. The molecule has 3 heterocycles. The first-order valence-corrected chi connectivity index (χ1v) is 6.57. The molecule has 2 aromatic rings. The summed E-state index contributed by atoms with van der Waals surface area (Å²) in [5, 5.41) is 11.0. The van der Waals surface area contributed by atoms with Crippen molar-refractivity contribution in [3.05, 3.63) is 45.9 Å². The Bertz CT molecular complexity index is 618. The van der Waals surface area contributed by atoms with Gasteiger partial charge >= 0.3 is 29.0 Å². The molecule has 0 amide bonds. The predicted octanol–water partition coefficient (Wildman–Crippen LogP) is 1.44. The molecule has 1 N–H and O–H groups in total. The summed E-state index contributed by atoms with van der Waals surface area (Å²) in [6, 6.07) is 7.11. The lowest BCUT2D eigenvalue weighted by molar-refractivity contribution is -0.138. The summed E-state index contributed by atoms with van der Waals surface area (Å²) in [5.74, 6) is -1.32. The Kier molecular flexibility index (Phi) is 4.12. The Morgan fingerprint density at radius 1 is 1.32 bits per heavy atom. The van der Waals surface area contributed by atoms with Crippen LogP contribution < -0.4 is 0 Å². The van der Waals surface area contributed by atoms with E-state index in [9.17, 15) is 9.59 Å². The molecule has 1 aliphatic heterocycles. The first-order valence-electron chi connectivity index (χ1n) is 5.69. The zero-order valence-electron chi connectivity index (χ0n) is 9.50. The third kappa shape index (κ3) is 2.35. The molecule has 2 aromatic heterocycles. The van der Waals surface area contributed by atoms with Crippen molar-refractivity contribution in [3.63, 3.8) is 0 Å². The summed E-state index contributed by atoms with van der Waals surface area (Å²) >= 11 is 1.40. The van der Waals surface area contributed by atoms with Crippen molar-refractivity contribution in [2.45, 2.75) is 18.9 Å². The fourth-order valence-corrected chi connectivity index (χ4v) is 3.10. The normalized spacial score (nSPS) is 16.7. The van der Waals surface area contributed by atoms with E-state index in [0.717, 1.165) is 5.69 Å². The number of carboxylic acid groups (broad SMARTS) is 1. The van der Waals surface area contributed by atoms with E-state index in [1.807, 2.05) is 16.0 Å². The highest BCUT2D eigenvalue weighted by molar-refractivity contribution is 7.12. The van der Waals surface area contributed by atoms with Gasteiger partial charge in [0, 0.05) is 12.2 Å². The molecule has 0 radical (unpaired) electrons. The zero-order chi connectivity index (χ0) is 12.7. The fourth-order valence-electron chi connectivity index (χ4n) is 2.43. The van der Waals surface area contributed by atoms with Crippen LogP contribution in [0, 0.1) is 0 Å². The topological polar surface area (TPSA) is 59.3 Å². The van der Waals surface area contributed by atoms with Crippen LogP contribution in [-0.2, 0) is 11.3 Å². The average Bonchev–Trinajstić information content (AvgIpc) is 3.04. The van der Waals surface area contributed by atoms with Crippen LogP contribution in [-0.4, -0.2) is 44.5 Å². The number of rotatable bonds is 3. The second kappa shape index (κ2) is 5.48. The van der Waals surface area contributed by atoms with Crippen LogP contribution in [0.2, 0.25) is 0 Å². The number of carboxylic acids is 1. The molecule has 0 bridgehead atoms. The van der Waals surface area contributed by atoms with Gasteiger partial charge in [0.25, 0.3) is 0 Å². The quantitative estimate of drug-likeness (QED) is 0.686. The molecule has 0 fully saturated rings. The smallest absolute Gasteiger partial charge is 0.316 e. The molecule has 0 spiro atoms. The molecular weight excluding hydrogens is 275 g/mol. The van der Waals surface area contributed by atoms with E-state index in [2.05, 4.69) is 0 Å². The molecule has 1 atom stereocenters. The zero-order valence-corrected chi connectivity index (χ0v) is 10.3. The molecule has 0 saturated heterocycles. The van der Waals surface area contributed by atoms with E-state index in [1.54, 1.807) is 18.2 Å². The fraction of sp³-hybridized carbons (Fsp3) is 0.231. The molecule has 96 valence electrons. The number of aliphatic carboxylic acids is 1. The van der Waals surface area contributed by atoms with Crippen LogP contribution in [0.4, 0.5) is 0 Å². The summed E-state index contributed by atoms with van der Waals surface area (Å²) < 4.78 is 1.83. The van der Waals surface area contributed by atoms with Crippen LogP contribution in [0.25, 0.3) is 0 Å². The van der Waals surface area contributed by atoms with Gasteiger partial charge in [-0.05, 0) is 30.0 Å². The number of carbonyl (C=O) groups is 2. The number of hydrogen-bond acceptors (Lipinski definition) is 3. The minimum Gasteiger partial charge on any atom is -0.481 e. The van der Waals surface area contributed by atoms with Crippen LogP contribution in [0.3, 0.4) is 0 Å². The van der Waals surface area contributed by atoms with Crippen molar-refractivity contribution in [2.24, 2.45) is 0 Å². The highest BCUT2D eigenvalue weighted by Crippen LogP contribution is 2.31. The Balaban J connectivity index is 0.00000133. The second-order valence-corrected chi connectivity index (χ2v) is 5.23. The van der Waals surface area contributed by atoms with Crippen molar-refractivity contribution in [1.29, 1.82) is 0 Å². The van der Waals surface area contributed by atoms with Gasteiger partial charge in [-0.1, -0.05) is 6.07 Å². The van der Waals surface area contributed by atoms with Crippen molar-refractivity contribution in [3.8, 4) is 0 Å².